The van der Waals surface area contributed by atoms with Gasteiger partial charge in [-0.1, -0.05) is 166 Å². The number of benzene rings is 7. The molecule has 7 aromatic rings. The van der Waals surface area contributed by atoms with Crippen LogP contribution in [0.2, 0.25) is 0 Å². The van der Waals surface area contributed by atoms with Crippen molar-refractivity contribution in [1.82, 2.24) is 0 Å². The molecule has 0 radical (unpaired) electrons. The summed E-state index contributed by atoms with van der Waals surface area (Å²) in [5.41, 5.74) is 10.6. The van der Waals surface area contributed by atoms with E-state index in [9.17, 15) is 0 Å². The Kier molecular flexibility index (Phi) is 7.15. The summed E-state index contributed by atoms with van der Waals surface area (Å²) in [5.74, 6) is 0. The van der Waals surface area contributed by atoms with Gasteiger partial charge in [-0.05, 0) is 108 Å². The van der Waals surface area contributed by atoms with Gasteiger partial charge in [0.1, 0.15) is 0 Å². The van der Waals surface area contributed by atoms with Gasteiger partial charge in [0.2, 0.25) is 0 Å². The van der Waals surface area contributed by atoms with Gasteiger partial charge in [0.15, 0.2) is 0 Å². The van der Waals surface area contributed by atoms with Crippen LogP contribution >= 0.6 is 0 Å². The molecule has 0 N–H and O–H groups in total. The zero-order valence-electron chi connectivity index (χ0n) is 26.6. The summed E-state index contributed by atoms with van der Waals surface area (Å²) < 4.78 is 0. The van der Waals surface area contributed by atoms with Gasteiger partial charge in [0.25, 0.3) is 0 Å². The van der Waals surface area contributed by atoms with Crippen LogP contribution in [0, 0.1) is 0 Å². The molecule has 0 nitrogen and oxygen atoms in total. The molecule has 0 bridgehead atoms. The van der Waals surface area contributed by atoms with E-state index in [0.29, 0.717) is 0 Å². The molecule has 1 aliphatic rings. The lowest BCUT2D eigenvalue weighted by atomic mass is 9.76. The highest BCUT2D eigenvalue weighted by atomic mass is 14.3. The summed E-state index contributed by atoms with van der Waals surface area (Å²) >= 11 is 0. The summed E-state index contributed by atoms with van der Waals surface area (Å²) in [6.45, 7) is 4.77. The van der Waals surface area contributed by atoms with Crippen molar-refractivity contribution in [2.24, 2.45) is 0 Å². The van der Waals surface area contributed by atoms with Crippen molar-refractivity contribution in [2.75, 3.05) is 0 Å². The fourth-order valence-electron chi connectivity index (χ4n) is 7.46. The Hall–Kier alpha value is -5.20. The minimum Gasteiger partial charge on any atom is -0.0874 e. The molecule has 8 rings (SSSR count). The van der Waals surface area contributed by atoms with E-state index in [1.54, 1.807) is 0 Å². The standard InChI is InChI=1S/C46H38/c1-46(2)29-11-5-3-4-6-14-34-27-28-36(31-45(34)46)39-20-13-21-41-37(19-12-22-42(39)41)32-23-25-33(26-24-32)44-30-35-15-7-8-16-38(35)40-17-9-10-18-43(40)44/h4-13,15-28,30-31H,3,14,29H2,1-2H3/b6-4-,11-5-. The molecule has 222 valence electrons. The summed E-state index contributed by atoms with van der Waals surface area (Å²) in [5, 5.41) is 7.75. The van der Waals surface area contributed by atoms with Crippen molar-refractivity contribution < 1.29 is 0 Å². The zero-order chi connectivity index (χ0) is 31.1. The second-order valence-corrected chi connectivity index (χ2v) is 13.3. The van der Waals surface area contributed by atoms with Crippen LogP contribution in [0.1, 0.15) is 37.8 Å². The Bertz CT molecular complexity index is 2290. The van der Waals surface area contributed by atoms with E-state index in [0.717, 1.165) is 19.3 Å². The van der Waals surface area contributed by atoms with Crippen LogP contribution in [0.3, 0.4) is 0 Å². The van der Waals surface area contributed by atoms with E-state index in [1.165, 1.54) is 76.8 Å². The van der Waals surface area contributed by atoms with Crippen LogP contribution < -0.4 is 0 Å². The quantitative estimate of drug-likeness (QED) is 0.142. The Morgan fingerprint density at radius 1 is 0.435 bits per heavy atom. The van der Waals surface area contributed by atoms with Gasteiger partial charge in [-0.25, -0.2) is 0 Å². The van der Waals surface area contributed by atoms with Gasteiger partial charge >= 0.3 is 0 Å². The van der Waals surface area contributed by atoms with Crippen LogP contribution in [0.15, 0.2) is 158 Å². The van der Waals surface area contributed by atoms with Gasteiger partial charge in [-0.15, -0.1) is 0 Å². The molecule has 0 aromatic heterocycles. The minimum atomic E-state index is 0.0703. The van der Waals surface area contributed by atoms with Crippen LogP contribution in [0.25, 0.3) is 65.7 Å². The Labute approximate surface area is 272 Å². The van der Waals surface area contributed by atoms with Gasteiger partial charge in [0.05, 0.1) is 0 Å². The van der Waals surface area contributed by atoms with Crippen LogP contribution in [0.4, 0.5) is 0 Å². The van der Waals surface area contributed by atoms with Crippen LogP contribution in [-0.4, -0.2) is 0 Å². The van der Waals surface area contributed by atoms with Crippen molar-refractivity contribution in [3.63, 3.8) is 0 Å². The lowest BCUT2D eigenvalue weighted by Crippen LogP contribution is -2.18. The highest BCUT2D eigenvalue weighted by Gasteiger charge is 2.23. The molecule has 0 atom stereocenters. The van der Waals surface area contributed by atoms with Crippen LogP contribution in [0.5, 0.6) is 0 Å². The molecule has 7 aromatic carbocycles. The predicted octanol–water partition coefficient (Wildman–Crippen LogP) is 12.9. The van der Waals surface area contributed by atoms with E-state index >= 15 is 0 Å². The molecule has 0 heteroatoms. The average Bonchev–Trinajstić information content (AvgIpc) is 3.10. The first-order chi connectivity index (χ1) is 22.6. The lowest BCUT2D eigenvalue weighted by molar-refractivity contribution is 0.529. The molecular weight excluding hydrogens is 553 g/mol. The molecule has 1 aliphatic carbocycles. The Morgan fingerprint density at radius 3 is 1.76 bits per heavy atom. The molecule has 0 fully saturated rings. The summed E-state index contributed by atoms with van der Waals surface area (Å²) in [4.78, 5) is 0. The van der Waals surface area contributed by atoms with Crippen LogP contribution in [-0.2, 0) is 11.8 Å². The van der Waals surface area contributed by atoms with E-state index in [1.807, 2.05) is 0 Å². The van der Waals surface area contributed by atoms with Gasteiger partial charge < -0.3 is 0 Å². The maximum atomic E-state index is 2.46. The Morgan fingerprint density at radius 2 is 1.00 bits per heavy atom. The first-order valence-corrected chi connectivity index (χ1v) is 16.5. The van der Waals surface area contributed by atoms with E-state index in [2.05, 4.69) is 172 Å². The highest BCUT2D eigenvalue weighted by molar-refractivity contribution is 6.14. The molecule has 46 heavy (non-hydrogen) atoms. The lowest BCUT2D eigenvalue weighted by Gasteiger charge is -2.28. The van der Waals surface area contributed by atoms with E-state index < -0.39 is 0 Å². The fraction of sp³-hybridized carbons (Fsp3) is 0.130. The van der Waals surface area contributed by atoms with Crippen molar-refractivity contribution in [3.05, 3.63) is 169 Å². The monoisotopic (exact) mass is 590 g/mol. The number of rotatable bonds is 3. The summed E-state index contributed by atoms with van der Waals surface area (Å²) in [6, 6.07) is 49.7. The molecule has 0 heterocycles. The van der Waals surface area contributed by atoms with Gasteiger partial charge in [0, 0.05) is 0 Å². The zero-order valence-corrected chi connectivity index (χ0v) is 26.6. The maximum absolute atomic E-state index is 2.46. The van der Waals surface area contributed by atoms with Crippen molar-refractivity contribution in [3.8, 4) is 33.4 Å². The normalized spacial score (nSPS) is 15.9. The highest BCUT2D eigenvalue weighted by Crippen LogP contribution is 2.40. The molecule has 0 saturated carbocycles. The Balaban J connectivity index is 1.21. The second kappa shape index (κ2) is 11.6. The van der Waals surface area contributed by atoms with E-state index in [4.69, 9.17) is 0 Å². The number of allylic oxidation sites excluding steroid dienone is 4. The molecule has 0 aliphatic heterocycles. The predicted molar refractivity (Wildman–Crippen MR) is 200 cm³/mol. The third kappa shape index (κ3) is 5.05. The first-order valence-electron chi connectivity index (χ1n) is 16.5. The number of fused-ring (bicyclic) bond motifs is 5. The SMILES string of the molecule is CC1(C)C/C=C\C/C=C\Cc2ccc(-c3cccc4c(-c5ccc(-c6cc7ccccc7c7ccccc67)cc5)cccc34)cc21. The van der Waals surface area contributed by atoms with Gasteiger partial charge in [-0.2, -0.15) is 0 Å². The largest absolute Gasteiger partial charge is 0.0874 e. The molecule has 0 saturated heterocycles. The average molecular weight is 591 g/mol. The number of hydrogen-bond donors (Lipinski definition) is 0. The minimum absolute atomic E-state index is 0.0703. The molecular formula is C46H38. The summed E-state index contributed by atoms with van der Waals surface area (Å²) in [6.07, 6.45) is 12.3. The second-order valence-electron chi connectivity index (χ2n) is 13.3. The van der Waals surface area contributed by atoms with Crippen molar-refractivity contribution >= 4 is 32.3 Å². The fourth-order valence-corrected chi connectivity index (χ4v) is 7.46. The molecule has 0 spiro atoms. The number of hydrogen-bond acceptors (Lipinski definition) is 0. The molecule has 0 unspecified atom stereocenters. The van der Waals surface area contributed by atoms with Gasteiger partial charge in [-0.3, -0.25) is 0 Å². The first kappa shape index (κ1) is 28.3. The topological polar surface area (TPSA) is 0 Å². The maximum Gasteiger partial charge on any atom is -0.00660 e. The third-order valence-corrected chi connectivity index (χ3v) is 9.92. The van der Waals surface area contributed by atoms with E-state index in [-0.39, 0.29) is 5.41 Å². The van der Waals surface area contributed by atoms with Crippen molar-refractivity contribution in [2.45, 2.75) is 38.5 Å². The smallest absolute Gasteiger partial charge is 0.00660 e. The molecule has 0 amide bonds. The van der Waals surface area contributed by atoms with Crippen molar-refractivity contribution in [1.29, 1.82) is 0 Å². The summed E-state index contributed by atoms with van der Waals surface area (Å²) in [7, 11) is 0. The third-order valence-electron chi connectivity index (χ3n) is 9.92.